The van der Waals surface area contributed by atoms with Gasteiger partial charge >= 0.3 is 0 Å². The molecule has 6 nitrogen and oxygen atoms in total. The number of nitrogens with zero attached hydrogens (tertiary/aromatic N) is 2. The highest BCUT2D eigenvalue weighted by Gasteiger charge is 2.24. The number of carbonyl (C=O) groups excluding carboxylic acids is 1. The first-order valence-corrected chi connectivity index (χ1v) is 8.88. The molecule has 2 aromatic rings. The summed E-state index contributed by atoms with van der Waals surface area (Å²) < 4.78 is 32.9. The number of rotatable bonds is 5. The van der Waals surface area contributed by atoms with Crippen molar-refractivity contribution in [2.45, 2.75) is 25.4 Å². The zero-order chi connectivity index (χ0) is 19.6. The Morgan fingerprint density at radius 2 is 2.26 bits per heavy atom. The molecule has 144 valence electrons. The lowest BCUT2D eigenvalue weighted by Crippen LogP contribution is -2.41. The van der Waals surface area contributed by atoms with Crippen molar-refractivity contribution in [3.8, 4) is 0 Å². The van der Waals surface area contributed by atoms with E-state index in [0.717, 1.165) is 11.3 Å². The van der Waals surface area contributed by atoms with Gasteiger partial charge in [-0.3, -0.25) is 14.2 Å². The summed E-state index contributed by atoms with van der Waals surface area (Å²) in [5.41, 5.74) is 0.302. The molecule has 0 radical (unpaired) electrons. The summed E-state index contributed by atoms with van der Waals surface area (Å²) in [7, 11) is 1.54. The molecule has 1 aromatic heterocycles. The molecule has 1 aliphatic rings. The summed E-state index contributed by atoms with van der Waals surface area (Å²) in [6.07, 6.45) is 1.83. The van der Waals surface area contributed by atoms with Gasteiger partial charge < -0.3 is 14.6 Å². The van der Waals surface area contributed by atoms with Crippen LogP contribution in [0.4, 0.5) is 8.78 Å². The molecule has 27 heavy (non-hydrogen) atoms. The van der Waals surface area contributed by atoms with Gasteiger partial charge in [0.2, 0.25) is 0 Å². The second-order valence-electron chi connectivity index (χ2n) is 6.36. The Bertz CT molecular complexity index is 999. The monoisotopic (exact) mass is 395 g/mol. The fraction of sp³-hybridized carbons (Fsp3) is 0.389. The van der Waals surface area contributed by atoms with Gasteiger partial charge in [-0.25, -0.2) is 8.78 Å². The Morgan fingerprint density at radius 3 is 2.93 bits per heavy atom. The minimum Gasteiger partial charge on any atom is -0.497 e. The van der Waals surface area contributed by atoms with Crippen LogP contribution in [0.1, 0.15) is 23.2 Å². The maximum Gasteiger partial charge on any atom is 0.261 e. The molecule has 0 bridgehead atoms. The number of H-pyrrole nitrogens is 1. The van der Waals surface area contributed by atoms with Crippen molar-refractivity contribution in [3.05, 3.63) is 51.2 Å². The van der Waals surface area contributed by atoms with Crippen molar-refractivity contribution in [3.63, 3.8) is 0 Å². The summed E-state index contributed by atoms with van der Waals surface area (Å²) >= 11 is 5.08. The van der Waals surface area contributed by atoms with E-state index in [0.29, 0.717) is 17.3 Å². The van der Waals surface area contributed by atoms with Gasteiger partial charge in [-0.2, -0.15) is 0 Å². The molecule has 0 fully saturated rings. The number of amides is 1. The number of allylic oxidation sites excluding steroid dienone is 1. The largest absolute Gasteiger partial charge is 0.497 e. The molecule has 1 amide bonds. The van der Waals surface area contributed by atoms with Crippen molar-refractivity contribution in [1.82, 2.24) is 14.5 Å². The molecule has 0 spiro atoms. The van der Waals surface area contributed by atoms with Crippen LogP contribution in [0.2, 0.25) is 0 Å². The van der Waals surface area contributed by atoms with Crippen LogP contribution in [-0.4, -0.2) is 46.0 Å². The molecule has 1 aromatic carbocycles. The van der Waals surface area contributed by atoms with E-state index in [-0.39, 0.29) is 28.5 Å². The van der Waals surface area contributed by atoms with Crippen LogP contribution in [0.15, 0.2) is 35.3 Å². The van der Waals surface area contributed by atoms with E-state index in [1.54, 1.807) is 7.05 Å². The Labute approximate surface area is 159 Å². The van der Waals surface area contributed by atoms with E-state index in [1.807, 2.05) is 6.08 Å². The topological polar surface area (TPSA) is 67.3 Å². The maximum atomic E-state index is 13.0. The number of hydrogen-bond donors (Lipinski definition) is 1. The van der Waals surface area contributed by atoms with Gasteiger partial charge in [-0.15, -0.1) is 0 Å². The number of fused-ring (bicyclic) bond motifs is 1. The minimum atomic E-state index is -2.66. The average molecular weight is 395 g/mol. The van der Waals surface area contributed by atoms with Crippen LogP contribution >= 0.6 is 12.2 Å². The molecule has 0 saturated heterocycles. The highest BCUT2D eigenvalue weighted by molar-refractivity contribution is 7.71. The number of alkyl halides is 2. The van der Waals surface area contributed by atoms with E-state index < -0.39 is 18.9 Å². The first kappa shape index (κ1) is 19.2. The quantitative estimate of drug-likeness (QED) is 0.791. The molecule has 9 heteroatoms. The third-order valence-corrected chi connectivity index (χ3v) is 4.82. The number of aromatic nitrogens is 2. The minimum absolute atomic E-state index is 0.0676. The lowest BCUT2D eigenvalue weighted by molar-refractivity contribution is 0.0322. The van der Waals surface area contributed by atoms with Crippen molar-refractivity contribution >= 4 is 29.0 Å². The van der Waals surface area contributed by atoms with Crippen molar-refractivity contribution < 1.29 is 18.3 Å². The van der Waals surface area contributed by atoms with Gasteiger partial charge in [0.15, 0.2) is 4.77 Å². The fourth-order valence-electron chi connectivity index (χ4n) is 2.99. The molecular weight excluding hydrogens is 376 g/mol. The second-order valence-corrected chi connectivity index (χ2v) is 6.75. The van der Waals surface area contributed by atoms with Crippen molar-refractivity contribution in [2.24, 2.45) is 7.05 Å². The molecule has 0 unspecified atom stereocenters. The van der Waals surface area contributed by atoms with Crippen molar-refractivity contribution in [1.29, 1.82) is 0 Å². The third kappa shape index (κ3) is 4.24. The van der Waals surface area contributed by atoms with Crippen LogP contribution in [0.5, 0.6) is 0 Å². The molecule has 0 saturated carbocycles. The Kier molecular flexibility index (Phi) is 5.69. The predicted octanol–water partition coefficient (Wildman–Crippen LogP) is 3.00. The summed E-state index contributed by atoms with van der Waals surface area (Å²) in [4.78, 5) is 29.0. The number of ether oxygens (including phenoxy) is 1. The molecule has 3 rings (SSSR count). The Morgan fingerprint density at radius 1 is 1.48 bits per heavy atom. The normalized spacial score (nSPS) is 16.5. The number of aromatic amines is 1. The molecule has 2 heterocycles. The third-order valence-electron chi connectivity index (χ3n) is 4.44. The van der Waals surface area contributed by atoms with Crippen LogP contribution in [0.25, 0.3) is 10.9 Å². The SMILES string of the molecule is Cn1c(=S)[nH]c2cc(C(=O)N(CC(F)F)C[C@@H]3CCC=CO3)ccc2c1=O. The molecule has 1 N–H and O–H groups in total. The maximum absolute atomic E-state index is 13.0. The molecule has 1 atom stereocenters. The van der Waals surface area contributed by atoms with Gasteiger partial charge in [0.1, 0.15) is 6.10 Å². The number of carbonyl (C=O) groups is 1. The first-order valence-electron chi connectivity index (χ1n) is 8.48. The predicted molar refractivity (Wildman–Crippen MR) is 99.5 cm³/mol. The van der Waals surface area contributed by atoms with Gasteiger partial charge in [-0.1, -0.05) is 0 Å². The summed E-state index contributed by atoms with van der Waals surface area (Å²) in [6.45, 7) is -0.620. The first-order chi connectivity index (χ1) is 12.9. The van der Waals surface area contributed by atoms with E-state index in [1.165, 1.54) is 29.0 Å². The average Bonchev–Trinajstić information content (AvgIpc) is 2.65. The van der Waals surface area contributed by atoms with E-state index in [9.17, 15) is 18.4 Å². The summed E-state index contributed by atoms with van der Waals surface area (Å²) in [5, 5.41) is 0.365. The number of nitrogens with one attached hydrogen (secondary N) is 1. The van der Waals surface area contributed by atoms with Gasteiger partial charge in [0, 0.05) is 12.6 Å². The van der Waals surface area contributed by atoms with E-state index in [2.05, 4.69) is 4.98 Å². The number of hydrogen-bond acceptors (Lipinski definition) is 4. The highest BCUT2D eigenvalue weighted by Crippen LogP contribution is 2.17. The zero-order valence-electron chi connectivity index (χ0n) is 14.7. The Balaban J connectivity index is 1.92. The number of halogens is 2. The van der Waals surface area contributed by atoms with E-state index in [4.69, 9.17) is 17.0 Å². The number of benzene rings is 1. The van der Waals surface area contributed by atoms with Crippen LogP contribution in [0.3, 0.4) is 0 Å². The van der Waals surface area contributed by atoms with Crippen LogP contribution in [-0.2, 0) is 11.8 Å². The molecule has 1 aliphatic heterocycles. The standard InChI is InChI=1S/C18H19F2N3O3S/c1-22-17(25)13-6-5-11(8-14(13)21-18(22)27)16(24)23(10-15(19)20)9-12-4-2-3-7-26-12/h3,5-8,12,15H,2,4,9-10H2,1H3,(H,21,27)/t12-/m0/s1. The van der Waals surface area contributed by atoms with Gasteiger partial charge in [-0.05, 0) is 49.3 Å². The van der Waals surface area contributed by atoms with Crippen LogP contribution in [0, 0.1) is 4.77 Å². The molecule has 0 aliphatic carbocycles. The van der Waals surface area contributed by atoms with Gasteiger partial charge in [0.25, 0.3) is 17.9 Å². The summed E-state index contributed by atoms with van der Waals surface area (Å²) in [5.74, 6) is -0.546. The lowest BCUT2D eigenvalue weighted by atomic mass is 10.1. The van der Waals surface area contributed by atoms with E-state index >= 15 is 0 Å². The second kappa shape index (κ2) is 7.99. The lowest BCUT2D eigenvalue weighted by Gasteiger charge is -2.28. The molecular formula is C18H19F2N3O3S. The van der Waals surface area contributed by atoms with Gasteiger partial charge in [0.05, 0.1) is 30.3 Å². The Hall–Kier alpha value is -2.55. The fourth-order valence-corrected chi connectivity index (χ4v) is 3.19. The summed E-state index contributed by atoms with van der Waals surface area (Å²) in [6, 6.07) is 4.43. The zero-order valence-corrected chi connectivity index (χ0v) is 15.5. The highest BCUT2D eigenvalue weighted by atomic mass is 32.1. The van der Waals surface area contributed by atoms with Crippen molar-refractivity contribution in [2.75, 3.05) is 13.1 Å². The van der Waals surface area contributed by atoms with Crippen LogP contribution < -0.4 is 5.56 Å². The smallest absolute Gasteiger partial charge is 0.261 e.